The van der Waals surface area contributed by atoms with Gasteiger partial charge < -0.3 is 10.1 Å². The maximum atomic E-state index is 12.5. The summed E-state index contributed by atoms with van der Waals surface area (Å²) in [5.41, 5.74) is 2.88. The van der Waals surface area contributed by atoms with E-state index in [1.54, 1.807) is 12.1 Å². The van der Waals surface area contributed by atoms with Crippen LogP contribution < -0.4 is 14.8 Å². The van der Waals surface area contributed by atoms with Gasteiger partial charge in [0, 0.05) is 12.6 Å². The molecule has 0 radical (unpaired) electrons. The lowest BCUT2D eigenvalue weighted by molar-refractivity contribution is -0.114. The van der Waals surface area contributed by atoms with Gasteiger partial charge in [0.2, 0.25) is 5.91 Å². The molecule has 0 aliphatic rings. The molecule has 0 aliphatic heterocycles. The molecule has 0 spiro atoms. The molecule has 1 amide bonds. The maximum absolute atomic E-state index is 12.5. The quantitative estimate of drug-likeness (QED) is 0.870. The monoisotopic (exact) mass is 348 g/mol. The summed E-state index contributed by atoms with van der Waals surface area (Å²) in [6, 6.07) is 9.45. The maximum Gasteiger partial charge on any atom is 0.262 e. The molecule has 2 aromatic rings. The minimum atomic E-state index is -3.76. The lowest BCUT2D eigenvalue weighted by Gasteiger charge is -2.14. The van der Waals surface area contributed by atoms with E-state index >= 15 is 0 Å². The second-order valence-corrected chi connectivity index (χ2v) is 7.13. The Morgan fingerprint density at radius 2 is 1.62 bits per heavy atom. The van der Waals surface area contributed by atoms with Crippen LogP contribution in [0.5, 0.6) is 5.75 Å². The van der Waals surface area contributed by atoms with Crippen molar-refractivity contribution in [2.24, 2.45) is 0 Å². The van der Waals surface area contributed by atoms with E-state index in [9.17, 15) is 13.2 Å². The Kier molecular flexibility index (Phi) is 5.14. The van der Waals surface area contributed by atoms with Gasteiger partial charge in [-0.2, -0.15) is 0 Å². The fraction of sp³-hybridized carbons (Fsp3) is 0.235. The molecule has 24 heavy (non-hydrogen) atoms. The van der Waals surface area contributed by atoms with Gasteiger partial charge in [0.1, 0.15) is 5.75 Å². The van der Waals surface area contributed by atoms with Crippen molar-refractivity contribution >= 4 is 27.3 Å². The summed E-state index contributed by atoms with van der Waals surface area (Å²) < 4.78 is 32.9. The highest BCUT2D eigenvalue weighted by atomic mass is 32.2. The average molecular weight is 348 g/mol. The fourth-order valence-electron chi connectivity index (χ4n) is 2.16. The minimum absolute atomic E-state index is 0.0943. The molecule has 0 saturated carbocycles. The zero-order valence-electron chi connectivity index (χ0n) is 14.0. The van der Waals surface area contributed by atoms with Crippen LogP contribution >= 0.6 is 0 Å². The van der Waals surface area contributed by atoms with Gasteiger partial charge in [0.05, 0.1) is 17.7 Å². The highest BCUT2D eigenvalue weighted by molar-refractivity contribution is 7.92. The predicted octanol–water partition coefficient (Wildman–Crippen LogP) is 3.07. The standard InChI is InChI=1S/C17H20N2O4S/c1-11-9-16(17(23-4)10-12(11)2)19-24(21,22)15-7-5-14(6-8-15)18-13(3)20/h5-10,19H,1-4H3,(H,18,20). The second-order valence-electron chi connectivity index (χ2n) is 5.45. The van der Waals surface area contributed by atoms with Crippen molar-refractivity contribution in [2.45, 2.75) is 25.7 Å². The summed E-state index contributed by atoms with van der Waals surface area (Å²) in [7, 11) is -2.27. The Morgan fingerprint density at radius 1 is 1.04 bits per heavy atom. The van der Waals surface area contributed by atoms with E-state index in [1.165, 1.54) is 38.3 Å². The molecule has 0 unspecified atom stereocenters. The van der Waals surface area contributed by atoms with Gasteiger partial charge in [-0.15, -0.1) is 0 Å². The molecule has 2 N–H and O–H groups in total. The highest BCUT2D eigenvalue weighted by Crippen LogP contribution is 2.30. The number of hydrogen-bond acceptors (Lipinski definition) is 4. The molecule has 0 bridgehead atoms. The van der Waals surface area contributed by atoms with E-state index in [1.807, 2.05) is 13.8 Å². The third-order valence-corrected chi connectivity index (χ3v) is 4.93. The number of hydrogen-bond donors (Lipinski definition) is 2. The van der Waals surface area contributed by atoms with E-state index in [-0.39, 0.29) is 10.8 Å². The van der Waals surface area contributed by atoms with E-state index < -0.39 is 10.0 Å². The van der Waals surface area contributed by atoms with Crippen LogP contribution in [0.15, 0.2) is 41.3 Å². The number of ether oxygens (including phenoxy) is 1. The Morgan fingerprint density at radius 3 is 2.17 bits per heavy atom. The molecule has 0 saturated heterocycles. The number of sulfonamides is 1. The Labute approximate surface area is 141 Å². The zero-order valence-corrected chi connectivity index (χ0v) is 14.8. The molecular weight excluding hydrogens is 328 g/mol. The summed E-state index contributed by atoms with van der Waals surface area (Å²) in [4.78, 5) is 11.1. The number of methoxy groups -OCH3 is 1. The summed E-state index contributed by atoms with van der Waals surface area (Å²) in [6.07, 6.45) is 0. The largest absolute Gasteiger partial charge is 0.495 e. The Hall–Kier alpha value is -2.54. The number of carbonyl (C=O) groups excluding carboxylic acids is 1. The number of rotatable bonds is 5. The van der Waals surface area contributed by atoms with Crippen molar-refractivity contribution in [3.05, 3.63) is 47.5 Å². The SMILES string of the molecule is COc1cc(C)c(C)cc1NS(=O)(=O)c1ccc(NC(C)=O)cc1. The Balaban J connectivity index is 2.31. The van der Waals surface area contributed by atoms with Crippen molar-refractivity contribution in [3.8, 4) is 5.75 Å². The topological polar surface area (TPSA) is 84.5 Å². The van der Waals surface area contributed by atoms with E-state index in [0.29, 0.717) is 17.1 Å². The summed E-state index contributed by atoms with van der Waals surface area (Å²) in [5.74, 6) is 0.236. The average Bonchev–Trinajstić information content (AvgIpc) is 2.50. The van der Waals surface area contributed by atoms with Gasteiger partial charge in [-0.25, -0.2) is 8.42 Å². The van der Waals surface area contributed by atoms with Crippen LogP contribution in [0.4, 0.5) is 11.4 Å². The second kappa shape index (κ2) is 6.92. The number of aryl methyl sites for hydroxylation is 2. The van der Waals surface area contributed by atoms with Crippen LogP contribution in [0.2, 0.25) is 0 Å². The smallest absolute Gasteiger partial charge is 0.262 e. The van der Waals surface area contributed by atoms with Gasteiger partial charge in [-0.05, 0) is 61.4 Å². The molecule has 0 aromatic heterocycles. The number of anilines is 2. The molecule has 0 aliphatic carbocycles. The van der Waals surface area contributed by atoms with Gasteiger partial charge >= 0.3 is 0 Å². The molecule has 0 atom stereocenters. The number of nitrogens with one attached hydrogen (secondary N) is 2. The highest BCUT2D eigenvalue weighted by Gasteiger charge is 2.17. The predicted molar refractivity (Wildman–Crippen MR) is 94.0 cm³/mol. The summed E-state index contributed by atoms with van der Waals surface area (Å²) >= 11 is 0. The van der Waals surface area contributed by atoms with Gasteiger partial charge in [-0.3, -0.25) is 9.52 Å². The molecule has 0 heterocycles. The number of benzene rings is 2. The van der Waals surface area contributed by atoms with Gasteiger partial charge in [-0.1, -0.05) is 0 Å². The first-order valence-electron chi connectivity index (χ1n) is 7.28. The summed E-state index contributed by atoms with van der Waals surface area (Å²) in [6.45, 7) is 5.21. The lowest BCUT2D eigenvalue weighted by atomic mass is 10.1. The first-order valence-corrected chi connectivity index (χ1v) is 8.77. The molecule has 6 nitrogen and oxygen atoms in total. The van der Waals surface area contributed by atoms with Crippen molar-refractivity contribution < 1.29 is 17.9 Å². The molecule has 2 aromatic carbocycles. The van der Waals surface area contributed by atoms with Crippen molar-refractivity contribution in [1.82, 2.24) is 0 Å². The van der Waals surface area contributed by atoms with Crippen LogP contribution in [0.1, 0.15) is 18.1 Å². The molecule has 2 rings (SSSR count). The van der Waals surface area contributed by atoms with Crippen LogP contribution in [0, 0.1) is 13.8 Å². The molecule has 7 heteroatoms. The molecular formula is C17H20N2O4S. The van der Waals surface area contributed by atoms with Gasteiger partial charge in [0.25, 0.3) is 10.0 Å². The van der Waals surface area contributed by atoms with Crippen LogP contribution in [-0.2, 0) is 14.8 Å². The lowest BCUT2D eigenvalue weighted by Crippen LogP contribution is -2.14. The number of amides is 1. The zero-order chi connectivity index (χ0) is 17.9. The fourth-order valence-corrected chi connectivity index (χ4v) is 3.22. The van der Waals surface area contributed by atoms with Crippen LogP contribution in [-0.4, -0.2) is 21.4 Å². The number of carbonyl (C=O) groups is 1. The van der Waals surface area contributed by atoms with E-state index in [2.05, 4.69) is 10.0 Å². The minimum Gasteiger partial charge on any atom is -0.495 e. The van der Waals surface area contributed by atoms with Crippen LogP contribution in [0.25, 0.3) is 0 Å². The Bertz CT molecular complexity index is 859. The van der Waals surface area contributed by atoms with E-state index in [4.69, 9.17) is 4.74 Å². The van der Waals surface area contributed by atoms with E-state index in [0.717, 1.165) is 11.1 Å². The van der Waals surface area contributed by atoms with Gasteiger partial charge in [0.15, 0.2) is 0 Å². The van der Waals surface area contributed by atoms with Crippen molar-refractivity contribution in [3.63, 3.8) is 0 Å². The van der Waals surface area contributed by atoms with Crippen molar-refractivity contribution in [2.75, 3.05) is 17.1 Å². The van der Waals surface area contributed by atoms with Crippen LogP contribution in [0.3, 0.4) is 0 Å². The third kappa shape index (κ3) is 4.05. The first-order chi connectivity index (χ1) is 11.2. The summed E-state index contributed by atoms with van der Waals surface area (Å²) in [5, 5.41) is 2.59. The first kappa shape index (κ1) is 17.8. The molecule has 128 valence electrons. The van der Waals surface area contributed by atoms with Crippen molar-refractivity contribution in [1.29, 1.82) is 0 Å². The third-order valence-electron chi connectivity index (χ3n) is 3.55. The molecule has 0 fully saturated rings. The normalized spacial score (nSPS) is 11.0.